The van der Waals surface area contributed by atoms with Gasteiger partial charge in [-0.15, -0.1) is 0 Å². The first-order chi connectivity index (χ1) is 11.1. The van der Waals surface area contributed by atoms with Crippen LogP contribution in [0.25, 0.3) is 10.9 Å². The number of amides is 1. The molecule has 1 atom stereocenters. The summed E-state index contributed by atoms with van der Waals surface area (Å²) in [6, 6.07) is 3.80. The highest BCUT2D eigenvalue weighted by Crippen LogP contribution is 2.30. The summed E-state index contributed by atoms with van der Waals surface area (Å²) in [6.07, 6.45) is 6.14. The summed E-state index contributed by atoms with van der Waals surface area (Å²) >= 11 is 0. The van der Waals surface area contributed by atoms with Crippen molar-refractivity contribution in [3.05, 3.63) is 30.7 Å². The van der Waals surface area contributed by atoms with E-state index in [9.17, 15) is 9.90 Å². The van der Waals surface area contributed by atoms with Crippen molar-refractivity contribution in [1.82, 2.24) is 15.3 Å². The van der Waals surface area contributed by atoms with Crippen LogP contribution in [0.1, 0.15) is 12.8 Å². The molecule has 4 N–H and O–H groups in total. The van der Waals surface area contributed by atoms with Gasteiger partial charge in [0, 0.05) is 62.3 Å². The van der Waals surface area contributed by atoms with Crippen LogP contribution in [0, 0.1) is 0 Å². The number of anilines is 1. The number of fused-ring (bicyclic) bond motifs is 1. The zero-order chi connectivity index (χ0) is 16.3. The Hall–Kier alpha value is -2.25. The Balaban J connectivity index is 1.72. The van der Waals surface area contributed by atoms with Crippen molar-refractivity contribution in [3.8, 4) is 0 Å². The van der Waals surface area contributed by atoms with Gasteiger partial charge in [0.15, 0.2) is 0 Å². The van der Waals surface area contributed by atoms with Gasteiger partial charge >= 0.3 is 0 Å². The first-order valence-electron chi connectivity index (χ1n) is 7.74. The van der Waals surface area contributed by atoms with Gasteiger partial charge in [0.1, 0.15) is 5.60 Å². The van der Waals surface area contributed by atoms with E-state index >= 15 is 0 Å². The lowest BCUT2D eigenvalue weighted by atomic mass is 10.0. The molecule has 7 heteroatoms. The molecule has 0 aliphatic carbocycles. The minimum atomic E-state index is -0.929. The van der Waals surface area contributed by atoms with Crippen LogP contribution in [0.15, 0.2) is 30.7 Å². The standard InChI is InChI=1S/C16H21N5O2/c17-5-1-15(22)20-10-16(23)4-8-21(11-16)14-3-7-19-13-2-6-18-9-12(13)14/h2-3,6-7,9,23H,1,4-5,8,10-11,17H2,(H,20,22)/t16-/m1/s1. The first-order valence-corrected chi connectivity index (χ1v) is 7.74. The summed E-state index contributed by atoms with van der Waals surface area (Å²) < 4.78 is 0. The van der Waals surface area contributed by atoms with Crippen molar-refractivity contribution in [2.24, 2.45) is 5.73 Å². The third-order valence-corrected chi connectivity index (χ3v) is 4.18. The molecular formula is C16H21N5O2. The van der Waals surface area contributed by atoms with Crippen LogP contribution in [0.2, 0.25) is 0 Å². The number of carbonyl (C=O) groups is 1. The third-order valence-electron chi connectivity index (χ3n) is 4.18. The van der Waals surface area contributed by atoms with E-state index in [4.69, 9.17) is 5.73 Å². The van der Waals surface area contributed by atoms with E-state index in [2.05, 4.69) is 20.2 Å². The number of pyridine rings is 2. The van der Waals surface area contributed by atoms with Crippen molar-refractivity contribution in [2.75, 3.05) is 31.1 Å². The maximum atomic E-state index is 11.5. The number of hydrogen-bond acceptors (Lipinski definition) is 6. The van der Waals surface area contributed by atoms with Crippen molar-refractivity contribution >= 4 is 22.5 Å². The predicted molar refractivity (Wildman–Crippen MR) is 88.0 cm³/mol. The second kappa shape index (κ2) is 6.47. The van der Waals surface area contributed by atoms with Gasteiger partial charge in [0.05, 0.1) is 5.52 Å². The Kier molecular flexibility index (Phi) is 4.40. The number of aromatic nitrogens is 2. The van der Waals surface area contributed by atoms with Crippen LogP contribution in [-0.2, 0) is 4.79 Å². The van der Waals surface area contributed by atoms with E-state index < -0.39 is 5.60 Å². The Morgan fingerprint density at radius 2 is 2.30 bits per heavy atom. The molecule has 122 valence electrons. The molecule has 0 unspecified atom stereocenters. The van der Waals surface area contributed by atoms with Crippen LogP contribution >= 0.6 is 0 Å². The lowest BCUT2D eigenvalue weighted by molar-refractivity contribution is -0.122. The molecule has 0 saturated carbocycles. The van der Waals surface area contributed by atoms with Crippen LogP contribution in [0.5, 0.6) is 0 Å². The van der Waals surface area contributed by atoms with Crippen molar-refractivity contribution in [2.45, 2.75) is 18.4 Å². The van der Waals surface area contributed by atoms with E-state index in [0.717, 1.165) is 23.1 Å². The number of nitrogens with one attached hydrogen (secondary N) is 1. The highest BCUT2D eigenvalue weighted by Gasteiger charge is 2.36. The highest BCUT2D eigenvalue weighted by molar-refractivity contribution is 5.90. The molecule has 1 aliphatic rings. The Bertz CT molecular complexity index is 702. The second-order valence-corrected chi connectivity index (χ2v) is 5.93. The van der Waals surface area contributed by atoms with Crippen LogP contribution in [0.3, 0.4) is 0 Å². The zero-order valence-corrected chi connectivity index (χ0v) is 12.9. The molecule has 2 aromatic heterocycles. The SMILES string of the molecule is NCCC(=O)NC[C@]1(O)CCN(c2ccnc3ccncc23)C1. The molecule has 23 heavy (non-hydrogen) atoms. The molecule has 1 fully saturated rings. The molecule has 3 heterocycles. The second-order valence-electron chi connectivity index (χ2n) is 5.93. The van der Waals surface area contributed by atoms with Gasteiger partial charge in [-0.2, -0.15) is 0 Å². The minimum absolute atomic E-state index is 0.127. The van der Waals surface area contributed by atoms with Crippen molar-refractivity contribution in [3.63, 3.8) is 0 Å². The Morgan fingerprint density at radius 1 is 1.43 bits per heavy atom. The Morgan fingerprint density at radius 3 is 3.13 bits per heavy atom. The summed E-state index contributed by atoms with van der Waals surface area (Å²) in [7, 11) is 0. The molecule has 0 spiro atoms. The van der Waals surface area contributed by atoms with Gasteiger partial charge < -0.3 is 21.1 Å². The first kappa shape index (κ1) is 15.6. The number of nitrogens with two attached hydrogens (primary N) is 1. The minimum Gasteiger partial charge on any atom is -0.386 e. The quantitative estimate of drug-likeness (QED) is 0.719. The molecular weight excluding hydrogens is 294 g/mol. The predicted octanol–water partition coefficient (Wildman–Crippen LogP) is 0.0360. The summed E-state index contributed by atoms with van der Waals surface area (Å²) in [5.41, 5.74) is 6.31. The van der Waals surface area contributed by atoms with E-state index in [1.807, 2.05) is 12.1 Å². The van der Waals surface area contributed by atoms with Crippen LogP contribution in [0.4, 0.5) is 5.69 Å². The fourth-order valence-corrected chi connectivity index (χ4v) is 2.94. The molecule has 7 nitrogen and oxygen atoms in total. The van der Waals surface area contributed by atoms with Gasteiger partial charge in [-0.1, -0.05) is 0 Å². The summed E-state index contributed by atoms with van der Waals surface area (Å²) in [5, 5.41) is 14.4. The summed E-state index contributed by atoms with van der Waals surface area (Å²) in [5.74, 6) is -0.127. The largest absolute Gasteiger partial charge is 0.386 e. The maximum Gasteiger partial charge on any atom is 0.221 e. The van der Waals surface area contributed by atoms with E-state index in [1.54, 1.807) is 18.6 Å². The normalized spacial score (nSPS) is 20.9. The van der Waals surface area contributed by atoms with E-state index in [-0.39, 0.29) is 18.9 Å². The third kappa shape index (κ3) is 3.40. The molecule has 1 saturated heterocycles. The molecule has 1 aliphatic heterocycles. The number of nitrogens with zero attached hydrogens (tertiary/aromatic N) is 3. The molecule has 2 aromatic rings. The zero-order valence-electron chi connectivity index (χ0n) is 12.9. The Labute approximate surface area is 134 Å². The van der Waals surface area contributed by atoms with Crippen molar-refractivity contribution < 1.29 is 9.90 Å². The number of β-amino-alcohol motifs (C(OH)–C–C–N with tert-alkyl or cyclic N) is 1. The van der Waals surface area contributed by atoms with E-state index in [0.29, 0.717) is 19.5 Å². The van der Waals surface area contributed by atoms with Gasteiger partial charge in [-0.05, 0) is 18.6 Å². The molecule has 0 bridgehead atoms. The fourth-order valence-electron chi connectivity index (χ4n) is 2.94. The maximum absolute atomic E-state index is 11.5. The van der Waals surface area contributed by atoms with Crippen LogP contribution < -0.4 is 16.0 Å². The number of hydrogen-bond donors (Lipinski definition) is 3. The lowest BCUT2D eigenvalue weighted by Crippen LogP contribution is -2.45. The van der Waals surface area contributed by atoms with Gasteiger partial charge in [-0.3, -0.25) is 14.8 Å². The highest BCUT2D eigenvalue weighted by atomic mass is 16.3. The fraction of sp³-hybridized carbons (Fsp3) is 0.438. The molecule has 0 aromatic carbocycles. The van der Waals surface area contributed by atoms with Crippen molar-refractivity contribution in [1.29, 1.82) is 0 Å². The number of aliphatic hydroxyl groups is 1. The van der Waals surface area contributed by atoms with Gasteiger partial charge in [0.2, 0.25) is 5.91 Å². The van der Waals surface area contributed by atoms with Gasteiger partial charge in [0.25, 0.3) is 0 Å². The average Bonchev–Trinajstić information content (AvgIpc) is 2.95. The summed E-state index contributed by atoms with van der Waals surface area (Å²) in [4.78, 5) is 22.1. The number of rotatable bonds is 5. The summed E-state index contributed by atoms with van der Waals surface area (Å²) in [6.45, 7) is 1.73. The monoisotopic (exact) mass is 315 g/mol. The topological polar surface area (TPSA) is 104 Å². The molecule has 0 radical (unpaired) electrons. The smallest absolute Gasteiger partial charge is 0.221 e. The molecule has 1 amide bonds. The number of carbonyl (C=O) groups excluding carboxylic acids is 1. The van der Waals surface area contributed by atoms with Crippen LogP contribution in [-0.4, -0.2) is 52.8 Å². The molecule has 3 rings (SSSR count). The van der Waals surface area contributed by atoms with E-state index in [1.165, 1.54) is 0 Å². The lowest BCUT2D eigenvalue weighted by Gasteiger charge is -2.25. The van der Waals surface area contributed by atoms with Gasteiger partial charge in [-0.25, -0.2) is 0 Å². The average molecular weight is 315 g/mol.